The molecule has 110 valence electrons. The number of thioether (sulfide) groups is 2. The van der Waals surface area contributed by atoms with Crippen LogP contribution in [-0.2, 0) is 0 Å². The van der Waals surface area contributed by atoms with Crippen molar-refractivity contribution in [2.24, 2.45) is 10.9 Å². The Hall–Kier alpha value is 0.170. The molecule has 4 heteroatoms. The van der Waals surface area contributed by atoms with Gasteiger partial charge in [-0.3, -0.25) is 4.99 Å². The van der Waals surface area contributed by atoms with Crippen LogP contribution in [0.5, 0.6) is 0 Å². The highest BCUT2D eigenvalue weighted by Gasteiger charge is 2.32. The lowest BCUT2D eigenvalue weighted by atomic mass is 9.88. The molecule has 1 unspecified atom stereocenters. The second-order valence-corrected chi connectivity index (χ2v) is 8.88. The standard InChI is InChI=1S/C15H28N2S2/c1-12(2)9-13-10-16-14(19-13)17-11-15(18-3)7-5-4-6-8-15/h12-13H,4-11H2,1-3H3,(H,16,17). The second-order valence-electron chi connectivity index (χ2n) is 6.32. The summed E-state index contributed by atoms with van der Waals surface area (Å²) in [6, 6.07) is 0. The van der Waals surface area contributed by atoms with Crippen LogP contribution in [-0.4, -0.2) is 34.5 Å². The van der Waals surface area contributed by atoms with Gasteiger partial charge in [-0.1, -0.05) is 44.9 Å². The zero-order valence-electron chi connectivity index (χ0n) is 12.6. The number of hydrogen-bond acceptors (Lipinski definition) is 4. The van der Waals surface area contributed by atoms with Crippen molar-refractivity contribution in [2.45, 2.75) is 62.4 Å². The topological polar surface area (TPSA) is 24.4 Å². The highest BCUT2D eigenvalue weighted by Crippen LogP contribution is 2.38. The molecule has 1 heterocycles. The fourth-order valence-corrected chi connectivity index (χ4v) is 5.21. The highest BCUT2D eigenvalue weighted by molar-refractivity contribution is 8.14. The summed E-state index contributed by atoms with van der Waals surface area (Å²) >= 11 is 4.03. The number of hydrogen-bond donors (Lipinski definition) is 1. The van der Waals surface area contributed by atoms with Crippen LogP contribution in [0.4, 0.5) is 0 Å². The van der Waals surface area contributed by atoms with Gasteiger partial charge in [0.25, 0.3) is 0 Å². The Labute approximate surface area is 127 Å². The third kappa shape index (κ3) is 4.59. The van der Waals surface area contributed by atoms with E-state index in [1.54, 1.807) is 0 Å². The molecule has 1 N–H and O–H groups in total. The van der Waals surface area contributed by atoms with Gasteiger partial charge in [0.15, 0.2) is 5.17 Å². The molecule has 2 nitrogen and oxygen atoms in total. The molecule has 0 bridgehead atoms. The number of rotatable bonds is 5. The summed E-state index contributed by atoms with van der Waals surface area (Å²) in [4.78, 5) is 4.68. The van der Waals surface area contributed by atoms with Crippen LogP contribution < -0.4 is 5.32 Å². The molecule has 0 amide bonds. The maximum atomic E-state index is 4.68. The van der Waals surface area contributed by atoms with E-state index in [0.717, 1.165) is 19.0 Å². The zero-order valence-corrected chi connectivity index (χ0v) is 14.2. The summed E-state index contributed by atoms with van der Waals surface area (Å²) in [5.74, 6) is 0.780. The summed E-state index contributed by atoms with van der Waals surface area (Å²) in [6.07, 6.45) is 10.5. The lowest BCUT2D eigenvalue weighted by molar-refractivity contribution is 0.395. The minimum Gasteiger partial charge on any atom is -0.364 e. The van der Waals surface area contributed by atoms with Gasteiger partial charge in [0, 0.05) is 16.5 Å². The van der Waals surface area contributed by atoms with Crippen LogP contribution in [0, 0.1) is 5.92 Å². The van der Waals surface area contributed by atoms with Gasteiger partial charge >= 0.3 is 0 Å². The first kappa shape index (κ1) is 15.6. The van der Waals surface area contributed by atoms with Crippen molar-refractivity contribution >= 4 is 28.7 Å². The third-order valence-electron chi connectivity index (χ3n) is 4.21. The summed E-state index contributed by atoms with van der Waals surface area (Å²) in [5, 5.41) is 5.54. The van der Waals surface area contributed by atoms with Gasteiger partial charge in [0.05, 0.1) is 6.54 Å². The quantitative estimate of drug-likeness (QED) is 0.825. The molecule has 1 fully saturated rings. The molecule has 0 saturated heterocycles. The highest BCUT2D eigenvalue weighted by atomic mass is 32.2. The first-order chi connectivity index (χ1) is 9.13. The summed E-state index contributed by atoms with van der Waals surface area (Å²) in [6.45, 7) is 6.72. The molecular weight excluding hydrogens is 272 g/mol. The molecule has 0 aromatic heterocycles. The van der Waals surface area contributed by atoms with Crippen LogP contribution >= 0.6 is 23.5 Å². The van der Waals surface area contributed by atoms with Crippen molar-refractivity contribution in [3.05, 3.63) is 0 Å². The third-order valence-corrected chi connectivity index (χ3v) is 6.80. The Morgan fingerprint density at radius 2 is 2.11 bits per heavy atom. The molecule has 1 atom stereocenters. The van der Waals surface area contributed by atoms with E-state index >= 15 is 0 Å². The average Bonchev–Trinajstić information content (AvgIpc) is 2.84. The lowest BCUT2D eigenvalue weighted by Gasteiger charge is -2.36. The molecule has 0 aromatic rings. The van der Waals surface area contributed by atoms with E-state index in [9.17, 15) is 0 Å². The largest absolute Gasteiger partial charge is 0.364 e. The van der Waals surface area contributed by atoms with E-state index in [-0.39, 0.29) is 0 Å². The van der Waals surface area contributed by atoms with Crippen molar-refractivity contribution in [3.63, 3.8) is 0 Å². The average molecular weight is 301 g/mol. The van der Waals surface area contributed by atoms with Gasteiger partial charge in [0.1, 0.15) is 0 Å². The second kappa shape index (κ2) is 7.26. The minimum atomic E-state index is 0.470. The molecule has 1 aliphatic heterocycles. The fraction of sp³-hybridized carbons (Fsp3) is 0.933. The zero-order chi connectivity index (χ0) is 13.7. The lowest BCUT2D eigenvalue weighted by Crippen LogP contribution is -2.40. The van der Waals surface area contributed by atoms with Crippen molar-refractivity contribution < 1.29 is 0 Å². The van der Waals surface area contributed by atoms with E-state index in [1.807, 2.05) is 11.8 Å². The molecular formula is C15H28N2S2. The van der Waals surface area contributed by atoms with Gasteiger partial charge in [-0.05, 0) is 31.4 Å². The van der Waals surface area contributed by atoms with Crippen LogP contribution in [0.25, 0.3) is 0 Å². The normalized spacial score (nSPS) is 26.5. The Morgan fingerprint density at radius 3 is 2.74 bits per heavy atom. The SMILES string of the molecule is CSC1(CNC2=NCC(CC(C)C)S2)CCCCC1. The van der Waals surface area contributed by atoms with E-state index in [1.165, 1.54) is 43.7 Å². The summed E-state index contributed by atoms with van der Waals surface area (Å²) in [5.41, 5.74) is 0. The number of amidine groups is 1. The molecule has 0 spiro atoms. The van der Waals surface area contributed by atoms with Gasteiger partial charge in [-0.15, -0.1) is 0 Å². The minimum absolute atomic E-state index is 0.470. The van der Waals surface area contributed by atoms with E-state index in [2.05, 4.69) is 42.2 Å². The first-order valence-corrected chi connectivity index (χ1v) is 9.74. The molecule has 0 radical (unpaired) electrons. The first-order valence-electron chi connectivity index (χ1n) is 7.64. The van der Waals surface area contributed by atoms with Crippen LogP contribution in [0.1, 0.15) is 52.4 Å². The predicted octanol–water partition coefficient (Wildman–Crippen LogP) is 4.16. The monoisotopic (exact) mass is 300 g/mol. The van der Waals surface area contributed by atoms with Gasteiger partial charge < -0.3 is 5.32 Å². The Balaban J connectivity index is 1.76. The maximum absolute atomic E-state index is 4.68. The van der Waals surface area contributed by atoms with E-state index < -0.39 is 0 Å². The fourth-order valence-electron chi connectivity index (χ4n) is 3.05. The van der Waals surface area contributed by atoms with Crippen molar-refractivity contribution in [1.82, 2.24) is 5.32 Å². The molecule has 19 heavy (non-hydrogen) atoms. The Bertz CT molecular complexity index is 309. The summed E-state index contributed by atoms with van der Waals surface area (Å²) in [7, 11) is 0. The van der Waals surface area contributed by atoms with Crippen LogP contribution in [0.15, 0.2) is 4.99 Å². The Kier molecular flexibility index (Phi) is 5.94. The molecule has 2 rings (SSSR count). The Morgan fingerprint density at radius 1 is 1.37 bits per heavy atom. The van der Waals surface area contributed by atoms with Crippen molar-refractivity contribution in [2.75, 3.05) is 19.3 Å². The van der Waals surface area contributed by atoms with E-state index in [0.29, 0.717) is 10.00 Å². The summed E-state index contributed by atoms with van der Waals surface area (Å²) < 4.78 is 0.470. The molecule has 1 aliphatic carbocycles. The number of aliphatic imine (C=N–C) groups is 1. The van der Waals surface area contributed by atoms with Gasteiger partial charge in [-0.25, -0.2) is 0 Å². The van der Waals surface area contributed by atoms with Gasteiger partial charge in [-0.2, -0.15) is 11.8 Å². The van der Waals surface area contributed by atoms with E-state index in [4.69, 9.17) is 0 Å². The van der Waals surface area contributed by atoms with Crippen molar-refractivity contribution in [1.29, 1.82) is 0 Å². The molecule has 1 saturated carbocycles. The molecule has 2 aliphatic rings. The van der Waals surface area contributed by atoms with Crippen LogP contribution in [0.2, 0.25) is 0 Å². The van der Waals surface area contributed by atoms with Gasteiger partial charge in [0.2, 0.25) is 0 Å². The number of nitrogens with zero attached hydrogens (tertiary/aromatic N) is 1. The molecule has 0 aromatic carbocycles. The van der Waals surface area contributed by atoms with Crippen molar-refractivity contribution in [3.8, 4) is 0 Å². The smallest absolute Gasteiger partial charge is 0.156 e. The predicted molar refractivity (Wildman–Crippen MR) is 90.5 cm³/mol. The maximum Gasteiger partial charge on any atom is 0.156 e. The number of nitrogens with one attached hydrogen (secondary N) is 1. The van der Waals surface area contributed by atoms with Crippen LogP contribution in [0.3, 0.4) is 0 Å².